The van der Waals surface area contributed by atoms with Crippen LogP contribution in [0.2, 0.25) is 0 Å². The Hall–Kier alpha value is -3.36. The minimum Gasteiger partial charge on any atom is -0.493 e. The molecule has 34 heavy (non-hydrogen) atoms. The number of hydrogen-bond donors (Lipinski definition) is 0. The first-order chi connectivity index (χ1) is 16.6. The highest BCUT2D eigenvalue weighted by Crippen LogP contribution is 2.38. The Morgan fingerprint density at radius 1 is 1.09 bits per heavy atom. The number of allylic oxidation sites excluding steroid dienone is 1. The van der Waals surface area contributed by atoms with Gasteiger partial charge in [0.15, 0.2) is 16.5 Å². The van der Waals surface area contributed by atoms with Crippen molar-refractivity contribution in [2.45, 2.75) is 13.3 Å². The molecule has 0 bridgehead atoms. The molecule has 0 saturated carbocycles. The molecule has 3 aromatic rings. The second-order valence-electron chi connectivity index (χ2n) is 7.82. The Morgan fingerprint density at radius 2 is 1.85 bits per heavy atom. The molecule has 0 saturated heterocycles. The monoisotopic (exact) mass is 489 g/mol. The van der Waals surface area contributed by atoms with Gasteiger partial charge in [-0.05, 0) is 72.5 Å². The number of hydrogen-bond acceptors (Lipinski definition) is 8. The summed E-state index contributed by atoms with van der Waals surface area (Å²) in [7, 11) is 3.27. The summed E-state index contributed by atoms with van der Waals surface area (Å²) < 4.78 is 11.0. The third kappa shape index (κ3) is 4.26. The van der Waals surface area contributed by atoms with E-state index in [-0.39, 0.29) is 5.78 Å². The van der Waals surface area contributed by atoms with E-state index >= 15 is 0 Å². The van der Waals surface area contributed by atoms with Crippen LogP contribution >= 0.6 is 23.1 Å². The third-order valence-corrected chi connectivity index (χ3v) is 7.46. The zero-order valence-corrected chi connectivity index (χ0v) is 20.7. The lowest BCUT2D eigenvalue weighted by molar-refractivity contribution is 0.107. The van der Waals surface area contributed by atoms with Gasteiger partial charge in [-0.2, -0.15) is 5.10 Å². The molecular weight excluding hydrogens is 466 g/mol. The average Bonchev–Trinajstić information content (AvgIpc) is 3.54. The van der Waals surface area contributed by atoms with Crippen molar-refractivity contribution in [2.75, 3.05) is 25.8 Å². The second-order valence-corrected chi connectivity index (χ2v) is 9.78. The lowest BCUT2D eigenvalue weighted by Gasteiger charge is -2.20. The molecule has 0 spiro atoms. The summed E-state index contributed by atoms with van der Waals surface area (Å²) >= 11 is 2.79. The molecule has 0 radical (unpaired) electrons. The Labute approximate surface area is 206 Å². The molecule has 2 aromatic carbocycles. The molecule has 0 N–H and O–H groups in total. The lowest BCUT2D eigenvalue weighted by atomic mass is 9.96. The number of methoxy groups -OCH3 is 2. The number of nitrogens with zero attached hydrogens (tertiary/aromatic N) is 3. The van der Waals surface area contributed by atoms with Crippen molar-refractivity contribution in [3.8, 4) is 11.5 Å². The maximum atomic E-state index is 13.1. The number of thioether (sulfide) groups is 1. The topological polar surface area (TPSA) is 63.5 Å². The normalized spacial score (nSPS) is 16.2. The van der Waals surface area contributed by atoms with Crippen LogP contribution in [0.25, 0.3) is 0 Å². The van der Waals surface area contributed by atoms with Gasteiger partial charge >= 0.3 is 0 Å². The van der Waals surface area contributed by atoms with Crippen molar-refractivity contribution < 1.29 is 14.3 Å². The van der Waals surface area contributed by atoms with Crippen LogP contribution in [-0.4, -0.2) is 37.3 Å². The van der Waals surface area contributed by atoms with Crippen LogP contribution < -0.4 is 14.5 Å². The maximum absolute atomic E-state index is 13.1. The summed E-state index contributed by atoms with van der Waals surface area (Å²) in [5, 5.41) is 9.70. The number of hydrazone groups is 1. The number of thiophene rings is 1. The average molecular weight is 490 g/mol. The Morgan fingerprint density at radius 3 is 2.56 bits per heavy atom. The van der Waals surface area contributed by atoms with E-state index in [0.29, 0.717) is 28.0 Å². The van der Waals surface area contributed by atoms with E-state index in [1.54, 1.807) is 14.2 Å². The minimum absolute atomic E-state index is 0.0714. The molecule has 6 nitrogen and oxygen atoms in total. The van der Waals surface area contributed by atoms with E-state index in [0.717, 1.165) is 39.5 Å². The molecule has 5 rings (SSSR count). The summed E-state index contributed by atoms with van der Waals surface area (Å²) in [6, 6.07) is 15.8. The first kappa shape index (κ1) is 22.4. The second kappa shape index (κ2) is 9.48. The maximum Gasteiger partial charge on any atom is 0.230 e. The van der Waals surface area contributed by atoms with Crippen molar-refractivity contribution in [1.29, 1.82) is 0 Å². The molecule has 3 heterocycles. The van der Waals surface area contributed by atoms with Crippen molar-refractivity contribution in [2.24, 2.45) is 10.1 Å². The summed E-state index contributed by atoms with van der Waals surface area (Å²) in [5.74, 6) is 1.30. The van der Waals surface area contributed by atoms with Crippen molar-refractivity contribution >= 4 is 45.3 Å². The predicted molar refractivity (Wildman–Crippen MR) is 140 cm³/mol. The quantitative estimate of drug-likeness (QED) is 0.415. The molecule has 1 aromatic heterocycles. The molecule has 0 amide bonds. The molecule has 172 valence electrons. The van der Waals surface area contributed by atoms with Gasteiger partial charge in [-0.25, -0.2) is 5.01 Å². The smallest absolute Gasteiger partial charge is 0.230 e. The zero-order chi connectivity index (χ0) is 23.7. The highest BCUT2D eigenvalue weighted by molar-refractivity contribution is 8.19. The van der Waals surface area contributed by atoms with Crippen molar-refractivity contribution in [1.82, 2.24) is 0 Å². The molecule has 0 fully saturated rings. The van der Waals surface area contributed by atoms with E-state index in [9.17, 15) is 4.79 Å². The van der Waals surface area contributed by atoms with Crippen LogP contribution in [0.4, 0.5) is 5.69 Å². The number of benzene rings is 2. The number of aryl methyl sites for hydroxylation is 1. The van der Waals surface area contributed by atoms with Gasteiger partial charge in [-0.1, -0.05) is 23.8 Å². The van der Waals surface area contributed by atoms with E-state index in [2.05, 4.69) is 0 Å². The highest BCUT2D eigenvalue weighted by atomic mass is 32.2. The Kier molecular flexibility index (Phi) is 6.26. The number of carbonyl (C=O) groups excluding carboxylic acids is 1. The van der Waals surface area contributed by atoms with Crippen molar-refractivity contribution in [3.63, 3.8) is 0 Å². The first-order valence-corrected chi connectivity index (χ1v) is 12.5. The lowest BCUT2D eigenvalue weighted by Crippen LogP contribution is -2.15. The first-order valence-electron chi connectivity index (χ1n) is 10.8. The molecule has 0 atom stereocenters. The molecule has 0 aliphatic carbocycles. The molecule has 0 unspecified atom stereocenters. The van der Waals surface area contributed by atoms with Crippen LogP contribution in [0, 0.1) is 6.92 Å². The van der Waals surface area contributed by atoms with Gasteiger partial charge in [0.05, 0.1) is 30.5 Å². The van der Waals surface area contributed by atoms with Gasteiger partial charge < -0.3 is 9.47 Å². The number of ketones is 1. The largest absolute Gasteiger partial charge is 0.493 e. The minimum atomic E-state index is -0.0714. The van der Waals surface area contributed by atoms with Crippen LogP contribution in [0.1, 0.15) is 26.4 Å². The van der Waals surface area contributed by atoms with Gasteiger partial charge in [0.1, 0.15) is 5.03 Å². The molecular formula is C26H23N3O3S2. The number of Topliss-reactive ketones (excluding diaryl/α,β-unsaturated/α-hetero) is 1. The Bertz CT molecular complexity index is 1330. The zero-order valence-electron chi connectivity index (χ0n) is 19.1. The van der Waals surface area contributed by atoms with Crippen molar-refractivity contribution in [3.05, 3.63) is 86.6 Å². The number of anilines is 1. The fourth-order valence-electron chi connectivity index (χ4n) is 3.86. The molecule has 8 heteroatoms. The highest BCUT2D eigenvalue weighted by Gasteiger charge is 2.30. The van der Waals surface area contributed by atoms with E-state index in [1.165, 1.54) is 23.1 Å². The Balaban J connectivity index is 1.55. The standard InChI is InChI=1S/C26H23N3O3S2/c1-16-6-8-18(9-7-16)29-24(34-26(28-29)25(30)23-5-4-12-33-23)15-20-19-14-22(32-3)21(31-2)13-17(19)10-11-27-20/h4-9,12-15H,10-11H2,1-3H3/b24-15-. The number of aliphatic imine (C=N–C) groups is 1. The summed E-state index contributed by atoms with van der Waals surface area (Å²) in [6.45, 7) is 2.72. The van der Waals surface area contributed by atoms with E-state index in [4.69, 9.17) is 19.6 Å². The number of carbonyl (C=O) groups is 1. The number of rotatable bonds is 6. The SMILES string of the molecule is COc1cc2c(cc1OC)C(/C=C1\SC(C(=O)c3cccs3)=NN1c1ccc(C)cc1)=NCC2. The van der Waals surface area contributed by atoms with E-state index < -0.39 is 0 Å². The summed E-state index contributed by atoms with van der Waals surface area (Å²) in [6.07, 6.45) is 2.84. The molecule has 2 aliphatic rings. The van der Waals surface area contributed by atoms with Gasteiger partial charge in [-0.15, -0.1) is 11.3 Å². The van der Waals surface area contributed by atoms with Gasteiger partial charge in [0.25, 0.3) is 0 Å². The summed E-state index contributed by atoms with van der Waals surface area (Å²) in [4.78, 5) is 18.5. The van der Waals surface area contributed by atoms with Crippen LogP contribution in [0.3, 0.4) is 0 Å². The van der Waals surface area contributed by atoms with Gasteiger partial charge in [0.2, 0.25) is 5.78 Å². The fourth-order valence-corrected chi connectivity index (χ4v) is 5.51. The third-order valence-electron chi connectivity index (χ3n) is 5.63. The van der Waals surface area contributed by atoms with Crippen LogP contribution in [-0.2, 0) is 6.42 Å². The number of ether oxygens (including phenoxy) is 2. The predicted octanol–water partition coefficient (Wildman–Crippen LogP) is 5.71. The van der Waals surface area contributed by atoms with Crippen LogP contribution in [0.5, 0.6) is 11.5 Å². The van der Waals surface area contributed by atoms with Gasteiger partial charge in [0, 0.05) is 12.1 Å². The van der Waals surface area contributed by atoms with Crippen LogP contribution in [0.15, 0.2) is 75.1 Å². The van der Waals surface area contributed by atoms with E-state index in [1.807, 2.05) is 71.9 Å². The molecule has 2 aliphatic heterocycles. The summed E-state index contributed by atoms with van der Waals surface area (Å²) in [5.41, 5.74) is 5.04. The number of fused-ring (bicyclic) bond motifs is 1. The fraction of sp³-hybridized carbons (Fsp3) is 0.192. The van der Waals surface area contributed by atoms with Gasteiger partial charge in [-0.3, -0.25) is 9.79 Å².